The van der Waals surface area contributed by atoms with Crippen molar-refractivity contribution in [3.63, 3.8) is 0 Å². The fourth-order valence-electron chi connectivity index (χ4n) is 2.59. The standard InChI is InChI=1S/C21H25ClO3/c1-4-5-17-6-10-20(11-7-17)25-21(23)18-8-12-19(13-9-18)24-16(3)14-15(2)22/h6-13,15-16H,4-5,14H2,1-3H3/t15-,16-/m0/s1. The van der Waals surface area contributed by atoms with Crippen LogP contribution < -0.4 is 9.47 Å². The van der Waals surface area contributed by atoms with Crippen molar-refractivity contribution in [2.45, 2.75) is 51.5 Å². The summed E-state index contributed by atoms with van der Waals surface area (Å²) in [5, 5.41) is 0.0629. The van der Waals surface area contributed by atoms with Gasteiger partial charge in [-0.3, -0.25) is 0 Å². The van der Waals surface area contributed by atoms with E-state index in [1.54, 1.807) is 24.3 Å². The molecule has 2 aromatic carbocycles. The van der Waals surface area contributed by atoms with Crippen LogP contribution in [0.15, 0.2) is 48.5 Å². The van der Waals surface area contributed by atoms with Crippen LogP contribution in [0.25, 0.3) is 0 Å². The van der Waals surface area contributed by atoms with E-state index < -0.39 is 0 Å². The number of carbonyl (C=O) groups excluding carboxylic acids is 1. The minimum Gasteiger partial charge on any atom is -0.491 e. The molecule has 0 unspecified atom stereocenters. The number of halogens is 1. The number of hydrogen-bond acceptors (Lipinski definition) is 3. The highest BCUT2D eigenvalue weighted by atomic mass is 35.5. The zero-order valence-electron chi connectivity index (χ0n) is 15.0. The van der Waals surface area contributed by atoms with Gasteiger partial charge >= 0.3 is 5.97 Å². The predicted octanol–water partition coefficient (Wildman–Crippen LogP) is 5.64. The molecule has 0 heterocycles. The van der Waals surface area contributed by atoms with Gasteiger partial charge in [0, 0.05) is 11.8 Å². The third-order valence-corrected chi connectivity index (χ3v) is 3.93. The Labute approximate surface area is 154 Å². The third-order valence-electron chi connectivity index (χ3n) is 3.76. The van der Waals surface area contributed by atoms with E-state index in [4.69, 9.17) is 21.1 Å². The van der Waals surface area contributed by atoms with Gasteiger partial charge in [-0.1, -0.05) is 25.5 Å². The Bertz CT molecular complexity index is 663. The molecule has 0 bridgehead atoms. The largest absolute Gasteiger partial charge is 0.491 e. The number of rotatable bonds is 8. The van der Waals surface area contributed by atoms with Gasteiger partial charge in [0.05, 0.1) is 11.7 Å². The van der Waals surface area contributed by atoms with Crippen molar-refractivity contribution in [1.29, 1.82) is 0 Å². The normalized spacial score (nSPS) is 13.1. The van der Waals surface area contributed by atoms with E-state index in [0.717, 1.165) is 19.3 Å². The lowest BCUT2D eigenvalue weighted by atomic mass is 10.1. The molecule has 0 aliphatic heterocycles. The molecule has 0 saturated carbocycles. The number of aryl methyl sites for hydroxylation is 1. The molecule has 0 aliphatic carbocycles. The second kappa shape index (κ2) is 9.47. The fraction of sp³-hybridized carbons (Fsp3) is 0.381. The summed E-state index contributed by atoms with van der Waals surface area (Å²) >= 11 is 5.97. The zero-order valence-corrected chi connectivity index (χ0v) is 15.8. The first-order chi connectivity index (χ1) is 12.0. The highest BCUT2D eigenvalue weighted by Crippen LogP contribution is 2.19. The molecule has 2 aromatic rings. The Kier molecular flexibility index (Phi) is 7.32. The van der Waals surface area contributed by atoms with Gasteiger partial charge in [0.15, 0.2) is 0 Å². The molecule has 25 heavy (non-hydrogen) atoms. The summed E-state index contributed by atoms with van der Waals surface area (Å²) < 4.78 is 11.2. The molecule has 3 nitrogen and oxygen atoms in total. The monoisotopic (exact) mass is 360 g/mol. The lowest BCUT2D eigenvalue weighted by Gasteiger charge is -2.15. The molecule has 2 atom stereocenters. The molecule has 0 amide bonds. The second-order valence-corrected chi connectivity index (χ2v) is 7.00. The lowest BCUT2D eigenvalue weighted by Crippen LogP contribution is -2.15. The number of esters is 1. The maximum atomic E-state index is 12.2. The van der Waals surface area contributed by atoms with Gasteiger partial charge in [-0.25, -0.2) is 4.79 Å². The summed E-state index contributed by atoms with van der Waals surface area (Å²) in [4.78, 5) is 12.2. The molecular weight excluding hydrogens is 336 g/mol. The van der Waals surface area contributed by atoms with Crippen molar-refractivity contribution in [2.24, 2.45) is 0 Å². The van der Waals surface area contributed by atoms with E-state index in [2.05, 4.69) is 6.92 Å². The van der Waals surface area contributed by atoms with Crippen LogP contribution in [0.3, 0.4) is 0 Å². The van der Waals surface area contributed by atoms with Crippen molar-refractivity contribution in [3.05, 3.63) is 59.7 Å². The SMILES string of the molecule is CCCc1ccc(OC(=O)c2ccc(O[C@@H](C)C[C@H](C)Cl)cc2)cc1. The van der Waals surface area contributed by atoms with Crippen LogP contribution >= 0.6 is 11.6 Å². The zero-order chi connectivity index (χ0) is 18.2. The van der Waals surface area contributed by atoms with Crippen LogP contribution in [0.5, 0.6) is 11.5 Å². The average Bonchev–Trinajstić information content (AvgIpc) is 2.56. The summed E-state index contributed by atoms with van der Waals surface area (Å²) in [6, 6.07) is 14.6. The van der Waals surface area contributed by atoms with Gasteiger partial charge < -0.3 is 9.47 Å². The Hall–Kier alpha value is -2.00. The Morgan fingerprint density at radius 3 is 2.16 bits per heavy atom. The molecule has 0 radical (unpaired) electrons. The van der Waals surface area contributed by atoms with Gasteiger partial charge in [0.1, 0.15) is 11.5 Å². The topological polar surface area (TPSA) is 35.5 Å². The van der Waals surface area contributed by atoms with E-state index in [-0.39, 0.29) is 17.5 Å². The van der Waals surface area contributed by atoms with Crippen molar-refractivity contribution in [1.82, 2.24) is 0 Å². The first kappa shape index (κ1) is 19.3. The van der Waals surface area contributed by atoms with Crippen molar-refractivity contribution in [3.8, 4) is 11.5 Å². The second-order valence-electron chi connectivity index (χ2n) is 6.25. The van der Waals surface area contributed by atoms with E-state index in [1.165, 1.54) is 5.56 Å². The summed E-state index contributed by atoms with van der Waals surface area (Å²) in [6.07, 6.45) is 2.90. The average molecular weight is 361 g/mol. The van der Waals surface area contributed by atoms with Crippen LogP contribution in [-0.2, 0) is 6.42 Å². The number of benzene rings is 2. The molecule has 4 heteroatoms. The number of ether oxygens (including phenoxy) is 2. The summed E-state index contributed by atoms with van der Waals surface area (Å²) in [5.74, 6) is 0.886. The van der Waals surface area contributed by atoms with Gasteiger partial charge in [-0.15, -0.1) is 11.6 Å². The van der Waals surface area contributed by atoms with Gasteiger partial charge in [0.2, 0.25) is 0 Å². The number of alkyl halides is 1. The minimum atomic E-state index is -0.378. The highest BCUT2D eigenvalue weighted by molar-refractivity contribution is 6.20. The van der Waals surface area contributed by atoms with Crippen molar-refractivity contribution < 1.29 is 14.3 Å². The van der Waals surface area contributed by atoms with E-state index in [0.29, 0.717) is 17.1 Å². The third kappa shape index (κ3) is 6.43. The summed E-state index contributed by atoms with van der Waals surface area (Å²) in [7, 11) is 0. The molecule has 0 saturated heterocycles. The van der Waals surface area contributed by atoms with Gasteiger partial charge in [0.25, 0.3) is 0 Å². The van der Waals surface area contributed by atoms with Crippen LogP contribution in [0, 0.1) is 0 Å². The molecule has 0 aromatic heterocycles. The molecule has 0 spiro atoms. The molecule has 0 N–H and O–H groups in total. The minimum absolute atomic E-state index is 0.0203. The fourth-order valence-corrected chi connectivity index (χ4v) is 2.84. The Morgan fingerprint density at radius 1 is 1.00 bits per heavy atom. The van der Waals surface area contributed by atoms with E-state index in [9.17, 15) is 4.79 Å². The first-order valence-electron chi connectivity index (χ1n) is 8.70. The maximum Gasteiger partial charge on any atom is 0.343 e. The molecule has 0 fully saturated rings. The summed E-state index contributed by atoms with van der Waals surface area (Å²) in [5.41, 5.74) is 1.73. The van der Waals surface area contributed by atoms with Crippen LogP contribution in [-0.4, -0.2) is 17.5 Å². The van der Waals surface area contributed by atoms with Crippen LogP contribution in [0.2, 0.25) is 0 Å². The van der Waals surface area contributed by atoms with E-state index >= 15 is 0 Å². The molecular formula is C21H25ClO3. The smallest absolute Gasteiger partial charge is 0.343 e. The van der Waals surface area contributed by atoms with Crippen LogP contribution in [0.4, 0.5) is 0 Å². The van der Waals surface area contributed by atoms with Gasteiger partial charge in [-0.05, 0) is 62.2 Å². The predicted molar refractivity (Wildman–Crippen MR) is 102 cm³/mol. The van der Waals surface area contributed by atoms with Crippen molar-refractivity contribution >= 4 is 17.6 Å². The summed E-state index contributed by atoms with van der Waals surface area (Å²) in [6.45, 7) is 6.05. The highest BCUT2D eigenvalue weighted by Gasteiger charge is 2.11. The Balaban J connectivity index is 1.93. The number of carbonyl (C=O) groups is 1. The van der Waals surface area contributed by atoms with Crippen LogP contribution in [0.1, 0.15) is 49.5 Å². The first-order valence-corrected chi connectivity index (χ1v) is 9.13. The molecule has 2 rings (SSSR count). The quantitative estimate of drug-likeness (QED) is 0.347. The lowest BCUT2D eigenvalue weighted by molar-refractivity contribution is 0.0734. The molecule has 134 valence electrons. The Morgan fingerprint density at radius 2 is 1.60 bits per heavy atom. The number of hydrogen-bond donors (Lipinski definition) is 0. The van der Waals surface area contributed by atoms with Crippen molar-refractivity contribution in [2.75, 3.05) is 0 Å². The van der Waals surface area contributed by atoms with E-state index in [1.807, 2.05) is 38.1 Å². The van der Waals surface area contributed by atoms with Gasteiger partial charge in [-0.2, -0.15) is 0 Å². The molecule has 0 aliphatic rings. The maximum absolute atomic E-state index is 12.2.